The fourth-order valence-corrected chi connectivity index (χ4v) is 11.7. The number of para-hydroxylation sites is 1. The van der Waals surface area contributed by atoms with Crippen molar-refractivity contribution in [3.8, 4) is 22.8 Å². The average Bonchev–Trinajstić information content (AvgIpc) is 3.65. The molecule has 15 heteroatoms. The minimum atomic E-state index is -1.01. The maximum absolute atomic E-state index is 13.9. The van der Waals surface area contributed by atoms with E-state index in [1.54, 1.807) is 6.07 Å². The topological polar surface area (TPSA) is 169 Å². The summed E-state index contributed by atoms with van der Waals surface area (Å²) in [6, 6.07) is 26.8. The van der Waals surface area contributed by atoms with Crippen LogP contribution in [0, 0.1) is 3.57 Å². The van der Waals surface area contributed by atoms with Gasteiger partial charge in [-0.3, -0.25) is 0 Å². The van der Waals surface area contributed by atoms with Crippen LogP contribution in [-0.4, -0.2) is 94.6 Å². The van der Waals surface area contributed by atoms with Crippen molar-refractivity contribution < 1.29 is 45.4 Å². The molecular weight excluding hydrogens is 861 g/mol. The molecule has 4 amide bonds. The summed E-state index contributed by atoms with van der Waals surface area (Å²) in [5, 5.41) is 9.69. The second-order valence-electron chi connectivity index (χ2n) is 15.5. The zero-order valence-electron chi connectivity index (χ0n) is 32.1. The first kappa shape index (κ1) is 37.5. The molecule has 14 nitrogen and oxygen atoms in total. The molecule has 2 aromatic heterocycles. The van der Waals surface area contributed by atoms with Gasteiger partial charge in [-0.25, -0.2) is 4.98 Å². The van der Waals surface area contributed by atoms with E-state index in [2.05, 4.69) is 34.0 Å². The van der Waals surface area contributed by atoms with Gasteiger partial charge in [0.1, 0.15) is 11.5 Å². The van der Waals surface area contributed by atoms with Crippen LogP contribution in [-0.2, 0) is 9.59 Å². The zero-order chi connectivity index (χ0) is 40.2. The third kappa shape index (κ3) is 6.99. The number of carbonyl (C=O) groups excluding carboxylic acids is 4. The van der Waals surface area contributed by atoms with E-state index in [0.29, 0.717) is 28.4 Å². The normalized spacial score (nSPS) is 21.7. The Morgan fingerprint density at radius 1 is 0.729 bits per heavy atom. The Labute approximate surface area is 350 Å². The first-order valence-corrected chi connectivity index (χ1v) is 22.1. The third-order valence-corrected chi connectivity index (χ3v) is 14.8. The fraction of sp³-hybridized carbons (Fsp3) is 0.295. The van der Waals surface area contributed by atoms with Crippen LogP contribution >= 0.6 is 0 Å². The van der Waals surface area contributed by atoms with Crippen LogP contribution in [0.3, 0.4) is 0 Å². The van der Waals surface area contributed by atoms with E-state index >= 15 is 0 Å². The standard InChI is InChI=1S/C44H41IN9O5/c46-40-38-39(26-9-15-32(16-10-26)59-31-6-2-1-3-7-31)50-54(41(38)48-25-47-40)30-13-11-29(12-14-30)51-19-21-52(22-20-51)45-28-23-27-5-4-8-33-37(27)34(24-28)44(58)53(43(33)57)35-17-18-36(55)49-42(35)56/h1-10,15-16,23-25,29-30,35H,11-14,17-22H2,(H2,46,47,48)(H,49,55,56)/q-1. The number of rotatable bonds is 8. The molecule has 10 rings (SSSR count). The van der Waals surface area contributed by atoms with Gasteiger partial charge in [0.2, 0.25) is 0 Å². The summed E-state index contributed by atoms with van der Waals surface area (Å²) in [5.74, 6) is -0.0357. The van der Waals surface area contributed by atoms with Gasteiger partial charge in [-0.15, -0.1) is 0 Å². The summed E-state index contributed by atoms with van der Waals surface area (Å²) >= 11 is -0.595. The molecule has 3 fully saturated rings. The number of amides is 4. The van der Waals surface area contributed by atoms with Gasteiger partial charge in [0.15, 0.2) is 0 Å². The van der Waals surface area contributed by atoms with Crippen LogP contribution in [0.5, 0.6) is 11.5 Å². The van der Waals surface area contributed by atoms with Gasteiger partial charge in [-0.05, 0) is 36.4 Å². The van der Waals surface area contributed by atoms with Gasteiger partial charge in [-0.1, -0.05) is 18.2 Å². The quantitative estimate of drug-likeness (QED) is 0.131. The molecule has 300 valence electrons. The van der Waals surface area contributed by atoms with Crippen molar-refractivity contribution in [3.63, 3.8) is 0 Å². The first-order valence-electron chi connectivity index (χ1n) is 20.0. The van der Waals surface area contributed by atoms with E-state index < -0.39 is 51.1 Å². The Morgan fingerprint density at radius 2 is 1.46 bits per heavy atom. The number of piperazine rings is 1. The summed E-state index contributed by atoms with van der Waals surface area (Å²) in [5.41, 5.74) is 9.77. The second kappa shape index (κ2) is 15.4. The van der Waals surface area contributed by atoms with E-state index in [0.717, 1.165) is 99.5 Å². The SMILES string of the molecule is Nc1ncnc2c1c(-c1ccc(Oc3ccccc3)cc1)nn2C1CCC(N2CCN([I-]c3cc4c5c(cccc5c3)C(=O)N(C3CCC(=O)NC3=O)C4=O)CC2)CC1. The van der Waals surface area contributed by atoms with Crippen LogP contribution in [0.25, 0.3) is 33.1 Å². The number of nitrogens with two attached hydrogens (primary N) is 1. The van der Waals surface area contributed by atoms with Crippen molar-refractivity contribution in [3.05, 3.63) is 106 Å². The summed E-state index contributed by atoms with van der Waals surface area (Å²) in [4.78, 5) is 64.8. The number of piperidine rings is 1. The molecule has 0 radical (unpaired) electrons. The summed E-state index contributed by atoms with van der Waals surface area (Å²) in [6.45, 7) is 3.82. The van der Waals surface area contributed by atoms with Crippen LogP contribution in [0.1, 0.15) is 65.3 Å². The molecule has 0 spiro atoms. The number of aromatic nitrogens is 4. The van der Waals surface area contributed by atoms with Gasteiger partial charge >= 0.3 is 270 Å². The van der Waals surface area contributed by atoms with E-state index in [4.69, 9.17) is 15.6 Å². The van der Waals surface area contributed by atoms with Gasteiger partial charge in [0.05, 0.1) is 0 Å². The Hall–Kier alpha value is -5.78. The van der Waals surface area contributed by atoms with E-state index in [1.165, 1.54) is 6.33 Å². The molecule has 2 saturated heterocycles. The molecule has 0 bridgehead atoms. The van der Waals surface area contributed by atoms with Crippen molar-refractivity contribution in [2.24, 2.45) is 0 Å². The number of anilines is 1. The Balaban J connectivity index is 0.792. The van der Waals surface area contributed by atoms with Gasteiger partial charge in [0, 0.05) is 0 Å². The Morgan fingerprint density at radius 3 is 2.22 bits per heavy atom. The van der Waals surface area contributed by atoms with Crippen LogP contribution in [0.4, 0.5) is 5.82 Å². The summed E-state index contributed by atoms with van der Waals surface area (Å²) in [6.07, 6.45) is 5.81. The number of benzene rings is 4. The van der Waals surface area contributed by atoms with Crippen molar-refractivity contribution in [2.75, 3.05) is 31.9 Å². The second-order valence-corrected chi connectivity index (χ2v) is 18.6. The molecule has 4 aromatic carbocycles. The molecular formula is C44H41IN9O5-. The Kier molecular flexibility index (Phi) is 9.81. The van der Waals surface area contributed by atoms with Crippen LogP contribution in [0.2, 0.25) is 0 Å². The average molecular weight is 903 g/mol. The van der Waals surface area contributed by atoms with Gasteiger partial charge in [-0.2, -0.15) is 0 Å². The summed E-state index contributed by atoms with van der Waals surface area (Å²) in [7, 11) is 0. The third-order valence-electron chi connectivity index (χ3n) is 12.0. The van der Waals surface area contributed by atoms with Crippen molar-refractivity contribution in [1.29, 1.82) is 0 Å². The number of nitrogens with zero attached hydrogens (tertiary/aromatic N) is 7. The number of ether oxygens (including phenoxy) is 1. The van der Waals surface area contributed by atoms with E-state index in [-0.39, 0.29) is 18.9 Å². The number of fused-ring (bicyclic) bond motifs is 1. The fourth-order valence-electron chi connectivity index (χ4n) is 9.06. The maximum atomic E-state index is 13.9. The van der Waals surface area contributed by atoms with E-state index in [9.17, 15) is 19.2 Å². The zero-order valence-corrected chi connectivity index (χ0v) is 34.2. The molecule has 3 N–H and O–H groups in total. The predicted octanol–water partition coefficient (Wildman–Crippen LogP) is 2.40. The number of carbonyl (C=O) groups is 4. The Bertz CT molecular complexity index is 2640. The number of imide groups is 2. The molecule has 1 saturated carbocycles. The number of nitrogen functional groups attached to an aromatic ring is 1. The first-order chi connectivity index (χ1) is 28.8. The summed E-state index contributed by atoms with van der Waals surface area (Å²) < 4.78 is 11.7. The molecule has 3 aliphatic heterocycles. The number of hydrogen-bond acceptors (Lipinski definition) is 11. The molecule has 59 heavy (non-hydrogen) atoms. The predicted molar refractivity (Wildman–Crippen MR) is 215 cm³/mol. The van der Waals surface area contributed by atoms with Crippen LogP contribution in [0.15, 0.2) is 91.3 Å². The monoisotopic (exact) mass is 902 g/mol. The molecule has 1 aliphatic carbocycles. The molecule has 1 atom stereocenters. The number of nitrogens with one attached hydrogen (secondary N) is 1. The van der Waals surface area contributed by atoms with Crippen molar-refractivity contribution >= 4 is 51.3 Å². The molecule has 1 unspecified atom stereocenters. The van der Waals surface area contributed by atoms with Gasteiger partial charge < -0.3 is 10.5 Å². The molecule has 5 heterocycles. The number of hydrogen-bond donors (Lipinski definition) is 2. The van der Waals surface area contributed by atoms with E-state index in [1.807, 2.05) is 72.8 Å². The minimum absolute atomic E-state index is 0.0827. The number of halogens is 1. The van der Waals surface area contributed by atoms with Crippen LogP contribution < -0.4 is 37.3 Å². The van der Waals surface area contributed by atoms with Crippen molar-refractivity contribution in [2.45, 2.75) is 56.7 Å². The molecule has 4 aliphatic rings. The van der Waals surface area contributed by atoms with Crippen molar-refractivity contribution in [1.82, 2.24) is 38.0 Å². The molecule has 6 aromatic rings. The van der Waals surface area contributed by atoms with Gasteiger partial charge in [0.25, 0.3) is 0 Å².